The maximum Gasteiger partial charge on any atom is 0.0588 e. The first-order valence-corrected chi connectivity index (χ1v) is 6.70. The van der Waals surface area contributed by atoms with Gasteiger partial charge in [0.25, 0.3) is 0 Å². The van der Waals surface area contributed by atoms with Gasteiger partial charge in [-0.25, -0.2) is 0 Å². The predicted octanol–water partition coefficient (Wildman–Crippen LogP) is 4.01. The van der Waals surface area contributed by atoms with Crippen LogP contribution in [0.2, 0.25) is 0 Å². The third kappa shape index (κ3) is 3.21. The lowest BCUT2D eigenvalue weighted by molar-refractivity contribution is 0.561. The van der Waals surface area contributed by atoms with E-state index in [0.717, 1.165) is 11.2 Å². The molecule has 0 spiro atoms. The summed E-state index contributed by atoms with van der Waals surface area (Å²) in [6.45, 7) is 9.43. The third-order valence-electron chi connectivity index (χ3n) is 2.16. The van der Waals surface area contributed by atoms with E-state index in [-0.39, 0.29) is 0 Å². The van der Waals surface area contributed by atoms with Gasteiger partial charge in [-0.3, -0.25) is 0 Å². The minimum absolute atomic E-state index is 0.506. The quantitative estimate of drug-likeness (QED) is 0.666. The average Bonchev–Trinajstić information content (AvgIpc) is 1.82. The molecule has 1 aliphatic heterocycles. The van der Waals surface area contributed by atoms with E-state index in [9.17, 15) is 0 Å². The lowest BCUT2D eigenvalue weighted by Crippen LogP contribution is -2.26. The van der Waals surface area contributed by atoms with E-state index in [1.807, 2.05) is 0 Å². The van der Waals surface area contributed by atoms with Crippen LogP contribution in [-0.2, 0) is 0 Å². The van der Waals surface area contributed by atoms with Gasteiger partial charge in [-0.2, -0.15) is 0 Å². The van der Waals surface area contributed by atoms with Gasteiger partial charge in [0, 0.05) is 5.25 Å². The summed E-state index contributed by atoms with van der Waals surface area (Å²) in [4.78, 5) is 0. The molecule has 1 aliphatic rings. The zero-order valence-electron chi connectivity index (χ0n) is 8.59. The highest BCUT2D eigenvalue weighted by molar-refractivity contribution is 8.19. The molecule has 1 saturated heterocycles. The Kier molecular flexibility index (Phi) is 3.84. The largest absolute Gasteiger partial charge is 0.144 e. The van der Waals surface area contributed by atoms with Gasteiger partial charge < -0.3 is 0 Å². The van der Waals surface area contributed by atoms with Gasteiger partial charge in [0.2, 0.25) is 0 Å². The van der Waals surface area contributed by atoms with Crippen LogP contribution in [0.25, 0.3) is 0 Å². The molecule has 0 aromatic heterocycles. The number of hydrogen-bond donors (Lipinski definition) is 0. The molecule has 72 valence electrons. The molecular weight excluding hydrogens is 184 g/mol. The lowest BCUT2D eigenvalue weighted by atomic mass is 10.1. The molecule has 1 rings (SSSR count). The van der Waals surface area contributed by atoms with E-state index in [0.29, 0.717) is 4.08 Å². The van der Waals surface area contributed by atoms with Crippen molar-refractivity contribution >= 4 is 23.5 Å². The minimum Gasteiger partial charge on any atom is -0.144 e. The van der Waals surface area contributed by atoms with E-state index in [4.69, 9.17) is 0 Å². The lowest BCUT2D eigenvalue weighted by Gasteiger charge is -2.37. The second-order valence-electron chi connectivity index (χ2n) is 4.30. The summed E-state index contributed by atoms with van der Waals surface area (Å²) in [5, 5.41) is 0.870. The molecule has 0 N–H and O–H groups in total. The van der Waals surface area contributed by atoms with Gasteiger partial charge in [-0.1, -0.05) is 20.8 Å². The Morgan fingerprint density at radius 1 is 1.50 bits per heavy atom. The van der Waals surface area contributed by atoms with E-state index < -0.39 is 0 Å². The molecule has 1 fully saturated rings. The van der Waals surface area contributed by atoms with Gasteiger partial charge in [-0.15, -0.1) is 23.5 Å². The summed E-state index contributed by atoms with van der Waals surface area (Å²) in [5.41, 5.74) is 0. The first kappa shape index (κ1) is 10.8. The Labute approximate surface area is 85.3 Å². The van der Waals surface area contributed by atoms with Crippen LogP contribution in [0.3, 0.4) is 0 Å². The molecule has 0 unspecified atom stereocenters. The molecular formula is C10H20S2. The summed E-state index contributed by atoms with van der Waals surface area (Å²) in [5.74, 6) is 2.19. The molecule has 1 heterocycles. The Morgan fingerprint density at radius 3 is 2.67 bits per heavy atom. The Morgan fingerprint density at radius 2 is 2.17 bits per heavy atom. The van der Waals surface area contributed by atoms with E-state index >= 15 is 0 Å². The van der Waals surface area contributed by atoms with Gasteiger partial charge >= 0.3 is 0 Å². The molecule has 0 nitrogen and oxygen atoms in total. The predicted molar refractivity (Wildman–Crippen MR) is 62.0 cm³/mol. The monoisotopic (exact) mass is 204 g/mol. The van der Waals surface area contributed by atoms with Crippen molar-refractivity contribution in [3.8, 4) is 0 Å². The molecule has 0 aliphatic carbocycles. The van der Waals surface area contributed by atoms with Crippen molar-refractivity contribution in [2.75, 3.05) is 5.75 Å². The first-order valence-electron chi connectivity index (χ1n) is 4.83. The maximum absolute atomic E-state index is 2.41. The Balaban J connectivity index is 2.45. The first-order chi connectivity index (χ1) is 5.52. The molecule has 2 atom stereocenters. The fourth-order valence-corrected chi connectivity index (χ4v) is 5.84. The summed E-state index contributed by atoms with van der Waals surface area (Å²) >= 11 is 4.34. The van der Waals surface area contributed by atoms with Crippen LogP contribution in [0.4, 0.5) is 0 Å². The Hall–Kier alpha value is 0.700. The molecule has 0 aromatic rings. The zero-order valence-corrected chi connectivity index (χ0v) is 10.2. The van der Waals surface area contributed by atoms with Crippen molar-refractivity contribution in [3.05, 3.63) is 0 Å². The molecule has 12 heavy (non-hydrogen) atoms. The van der Waals surface area contributed by atoms with Crippen LogP contribution in [-0.4, -0.2) is 15.1 Å². The van der Waals surface area contributed by atoms with Gasteiger partial charge in [-0.05, 0) is 31.4 Å². The topological polar surface area (TPSA) is 0 Å². The standard InChI is InChI=1S/C10H20S2/c1-8(2)7-10(4)11-6-5-9(3)12-10/h8-9H,5-7H2,1-4H3/t9-,10-/m1/s1. The fraction of sp³-hybridized carbons (Fsp3) is 1.00. The third-order valence-corrected chi connectivity index (χ3v) is 5.32. The van der Waals surface area contributed by atoms with Crippen molar-refractivity contribution in [1.82, 2.24) is 0 Å². The van der Waals surface area contributed by atoms with Gasteiger partial charge in [0.15, 0.2) is 0 Å². The van der Waals surface area contributed by atoms with E-state index in [1.54, 1.807) is 0 Å². The zero-order chi connectivity index (χ0) is 9.19. The highest BCUT2D eigenvalue weighted by atomic mass is 32.2. The van der Waals surface area contributed by atoms with Crippen molar-refractivity contribution in [2.45, 2.75) is 49.9 Å². The maximum atomic E-state index is 2.41. The molecule has 0 amide bonds. The molecule has 0 saturated carbocycles. The van der Waals surface area contributed by atoms with Crippen LogP contribution < -0.4 is 0 Å². The highest BCUT2D eigenvalue weighted by Gasteiger charge is 2.32. The van der Waals surface area contributed by atoms with Gasteiger partial charge in [0.1, 0.15) is 0 Å². The molecule has 0 radical (unpaired) electrons. The number of hydrogen-bond acceptors (Lipinski definition) is 2. The molecule has 2 heteroatoms. The van der Waals surface area contributed by atoms with Crippen LogP contribution in [0.1, 0.15) is 40.5 Å². The smallest absolute Gasteiger partial charge is 0.0588 e. The van der Waals surface area contributed by atoms with Crippen LogP contribution in [0, 0.1) is 5.92 Å². The van der Waals surface area contributed by atoms with Crippen LogP contribution >= 0.6 is 23.5 Å². The van der Waals surface area contributed by atoms with Crippen molar-refractivity contribution in [2.24, 2.45) is 5.92 Å². The van der Waals surface area contributed by atoms with Crippen molar-refractivity contribution in [1.29, 1.82) is 0 Å². The van der Waals surface area contributed by atoms with Crippen molar-refractivity contribution in [3.63, 3.8) is 0 Å². The van der Waals surface area contributed by atoms with E-state index in [2.05, 4.69) is 51.2 Å². The fourth-order valence-electron chi connectivity index (χ4n) is 1.81. The minimum atomic E-state index is 0.506. The Bertz CT molecular complexity index is 141. The highest BCUT2D eigenvalue weighted by Crippen LogP contribution is 2.48. The normalized spacial score (nSPS) is 37.2. The second kappa shape index (κ2) is 4.28. The summed E-state index contributed by atoms with van der Waals surface area (Å²) in [6.07, 6.45) is 2.75. The van der Waals surface area contributed by atoms with Crippen LogP contribution in [0.15, 0.2) is 0 Å². The molecule has 0 bridgehead atoms. The summed E-state index contributed by atoms with van der Waals surface area (Å²) in [7, 11) is 0. The second-order valence-corrected chi connectivity index (χ2v) is 8.10. The van der Waals surface area contributed by atoms with E-state index in [1.165, 1.54) is 18.6 Å². The van der Waals surface area contributed by atoms with Crippen LogP contribution in [0.5, 0.6) is 0 Å². The average molecular weight is 204 g/mol. The van der Waals surface area contributed by atoms with Crippen molar-refractivity contribution < 1.29 is 0 Å². The van der Waals surface area contributed by atoms with Gasteiger partial charge in [0.05, 0.1) is 4.08 Å². The summed E-state index contributed by atoms with van der Waals surface area (Å²) in [6, 6.07) is 0. The number of thioether (sulfide) groups is 2. The number of rotatable bonds is 2. The molecule has 0 aromatic carbocycles. The summed E-state index contributed by atoms with van der Waals surface area (Å²) < 4.78 is 0.506. The SMILES string of the molecule is CC(C)C[C@]1(C)SCC[C@@H](C)S1.